The van der Waals surface area contributed by atoms with Crippen LogP contribution in [-0.4, -0.2) is 25.5 Å². The lowest BCUT2D eigenvalue weighted by Crippen LogP contribution is -2.37. The Bertz CT molecular complexity index is 918. The van der Waals surface area contributed by atoms with Gasteiger partial charge in [-0.2, -0.15) is 5.26 Å². The lowest BCUT2D eigenvalue weighted by molar-refractivity contribution is -0.137. The van der Waals surface area contributed by atoms with Gasteiger partial charge in [0.1, 0.15) is 0 Å². The molecule has 136 valence electrons. The quantitative estimate of drug-likeness (QED) is 0.741. The van der Waals surface area contributed by atoms with Gasteiger partial charge < -0.3 is 5.11 Å². The van der Waals surface area contributed by atoms with Crippen LogP contribution in [0, 0.1) is 18.3 Å². The van der Waals surface area contributed by atoms with Gasteiger partial charge in [0.25, 0.3) is 0 Å². The SMILES string of the molecule is Cc1cc(C#N)ccc1S(=O)(=O)NC(CCC(=O)O)Cc1ccccc1. The molecule has 1 unspecified atom stereocenters. The summed E-state index contributed by atoms with van der Waals surface area (Å²) >= 11 is 0. The fourth-order valence-corrected chi connectivity index (χ4v) is 4.20. The van der Waals surface area contributed by atoms with Gasteiger partial charge in [0.15, 0.2) is 0 Å². The molecular weight excluding hydrogens is 352 g/mol. The molecule has 0 saturated heterocycles. The molecule has 0 aliphatic carbocycles. The molecule has 0 spiro atoms. The summed E-state index contributed by atoms with van der Waals surface area (Å²) in [5, 5.41) is 17.9. The largest absolute Gasteiger partial charge is 0.481 e. The summed E-state index contributed by atoms with van der Waals surface area (Å²) in [5.41, 5.74) is 1.77. The second-order valence-corrected chi connectivity index (χ2v) is 7.71. The van der Waals surface area contributed by atoms with E-state index in [2.05, 4.69) is 4.72 Å². The summed E-state index contributed by atoms with van der Waals surface area (Å²) in [7, 11) is -3.84. The van der Waals surface area contributed by atoms with Gasteiger partial charge in [0, 0.05) is 12.5 Å². The molecule has 0 heterocycles. The van der Waals surface area contributed by atoms with Crippen LogP contribution >= 0.6 is 0 Å². The number of nitrogens with one attached hydrogen (secondary N) is 1. The smallest absolute Gasteiger partial charge is 0.303 e. The van der Waals surface area contributed by atoms with E-state index in [9.17, 15) is 13.2 Å². The molecule has 0 aliphatic heterocycles. The van der Waals surface area contributed by atoms with E-state index in [1.165, 1.54) is 18.2 Å². The van der Waals surface area contributed by atoms with Gasteiger partial charge >= 0.3 is 5.97 Å². The second-order valence-electron chi connectivity index (χ2n) is 6.03. The number of sulfonamides is 1. The average molecular weight is 372 g/mol. The molecule has 0 fully saturated rings. The fourth-order valence-electron chi connectivity index (χ4n) is 2.70. The Morgan fingerprint density at radius 2 is 1.92 bits per heavy atom. The van der Waals surface area contributed by atoms with Crippen molar-refractivity contribution in [3.8, 4) is 6.07 Å². The van der Waals surface area contributed by atoms with Crippen molar-refractivity contribution in [3.63, 3.8) is 0 Å². The molecule has 0 amide bonds. The van der Waals surface area contributed by atoms with E-state index in [4.69, 9.17) is 10.4 Å². The van der Waals surface area contributed by atoms with E-state index in [0.717, 1.165) is 5.56 Å². The molecule has 2 N–H and O–H groups in total. The van der Waals surface area contributed by atoms with Gasteiger partial charge in [-0.05, 0) is 49.1 Å². The number of hydrogen-bond acceptors (Lipinski definition) is 4. The maximum Gasteiger partial charge on any atom is 0.303 e. The zero-order valence-electron chi connectivity index (χ0n) is 14.3. The van der Waals surface area contributed by atoms with Crippen LogP contribution in [0.5, 0.6) is 0 Å². The van der Waals surface area contributed by atoms with Gasteiger partial charge in [-0.15, -0.1) is 0 Å². The molecule has 6 nitrogen and oxygen atoms in total. The summed E-state index contributed by atoms with van der Waals surface area (Å²) in [5.74, 6) is -0.975. The van der Waals surface area contributed by atoms with Crippen LogP contribution in [0.2, 0.25) is 0 Å². The van der Waals surface area contributed by atoms with Crippen LogP contribution in [0.3, 0.4) is 0 Å². The molecule has 26 heavy (non-hydrogen) atoms. The third-order valence-electron chi connectivity index (χ3n) is 3.95. The topological polar surface area (TPSA) is 107 Å². The van der Waals surface area contributed by atoms with Crippen molar-refractivity contribution in [2.75, 3.05) is 0 Å². The highest BCUT2D eigenvalue weighted by atomic mass is 32.2. The molecule has 2 aromatic carbocycles. The molecule has 0 radical (unpaired) electrons. The number of benzene rings is 2. The van der Waals surface area contributed by atoms with Crippen molar-refractivity contribution in [3.05, 3.63) is 65.2 Å². The Balaban J connectivity index is 2.24. The van der Waals surface area contributed by atoms with Gasteiger partial charge in [-0.25, -0.2) is 13.1 Å². The molecule has 0 aliphatic rings. The van der Waals surface area contributed by atoms with Crippen LogP contribution in [-0.2, 0) is 21.2 Å². The van der Waals surface area contributed by atoms with Gasteiger partial charge in [0.2, 0.25) is 10.0 Å². The Morgan fingerprint density at radius 1 is 1.23 bits per heavy atom. The lowest BCUT2D eigenvalue weighted by atomic mass is 10.0. The molecule has 0 saturated carbocycles. The highest BCUT2D eigenvalue weighted by Crippen LogP contribution is 2.18. The average Bonchev–Trinajstić information content (AvgIpc) is 2.60. The number of rotatable bonds is 8. The van der Waals surface area contributed by atoms with Crippen molar-refractivity contribution in [2.45, 2.75) is 37.1 Å². The predicted octanol–water partition coefficient (Wildman–Crippen LogP) is 2.62. The number of aliphatic carboxylic acids is 1. The van der Waals surface area contributed by atoms with Crippen molar-refractivity contribution in [1.29, 1.82) is 5.26 Å². The van der Waals surface area contributed by atoms with E-state index in [1.807, 2.05) is 36.4 Å². The van der Waals surface area contributed by atoms with E-state index in [0.29, 0.717) is 17.5 Å². The lowest BCUT2D eigenvalue weighted by Gasteiger charge is -2.19. The Labute approximate surface area is 153 Å². The first-order valence-corrected chi connectivity index (χ1v) is 9.59. The number of carbonyl (C=O) groups is 1. The maximum absolute atomic E-state index is 12.8. The minimum atomic E-state index is -3.84. The standard InChI is InChI=1S/C19H20N2O4S/c1-14-11-16(13-20)7-9-18(14)26(24,25)21-17(8-10-19(22)23)12-15-5-3-2-4-6-15/h2-7,9,11,17,21H,8,10,12H2,1H3,(H,22,23). The Hall–Kier alpha value is -2.69. The number of hydrogen-bond donors (Lipinski definition) is 2. The molecule has 2 rings (SSSR count). The number of carboxylic acids is 1. The second kappa shape index (κ2) is 8.61. The van der Waals surface area contributed by atoms with Crippen molar-refractivity contribution in [2.24, 2.45) is 0 Å². The van der Waals surface area contributed by atoms with Gasteiger partial charge in [-0.1, -0.05) is 30.3 Å². The summed E-state index contributed by atoms with van der Waals surface area (Å²) in [6.07, 6.45) is 0.438. The third-order valence-corrected chi connectivity index (χ3v) is 5.63. The predicted molar refractivity (Wildman–Crippen MR) is 97.0 cm³/mol. The molecule has 0 aromatic heterocycles. The maximum atomic E-state index is 12.8. The van der Waals surface area contributed by atoms with Crippen molar-refractivity contribution in [1.82, 2.24) is 4.72 Å². The van der Waals surface area contributed by atoms with Crippen LogP contribution in [0.15, 0.2) is 53.4 Å². The van der Waals surface area contributed by atoms with Crippen LogP contribution in [0.25, 0.3) is 0 Å². The molecule has 2 aromatic rings. The summed E-state index contributed by atoms with van der Waals surface area (Å²) in [4.78, 5) is 11.0. The van der Waals surface area contributed by atoms with Crippen LogP contribution in [0.1, 0.15) is 29.5 Å². The van der Waals surface area contributed by atoms with Gasteiger partial charge in [-0.3, -0.25) is 4.79 Å². The van der Waals surface area contributed by atoms with Crippen molar-refractivity contribution < 1.29 is 18.3 Å². The number of aryl methyl sites for hydroxylation is 1. The Kier molecular flexibility index (Phi) is 6.50. The number of carboxylic acid groups (broad SMARTS) is 1. The summed E-state index contributed by atoms with van der Waals surface area (Å²) in [6.45, 7) is 1.62. The first-order chi connectivity index (χ1) is 12.3. The van der Waals surface area contributed by atoms with Crippen molar-refractivity contribution >= 4 is 16.0 Å². The zero-order valence-corrected chi connectivity index (χ0v) is 15.2. The zero-order chi connectivity index (χ0) is 19.2. The van der Waals surface area contributed by atoms with E-state index < -0.39 is 22.0 Å². The normalized spacial score (nSPS) is 12.3. The Morgan fingerprint density at radius 3 is 2.50 bits per heavy atom. The first-order valence-electron chi connectivity index (χ1n) is 8.10. The molecular formula is C19H20N2O4S. The third kappa shape index (κ3) is 5.41. The monoisotopic (exact) mass is 372 g/mol. The first kappa shape index (κ1) is 19.6. The summed E-state index contributed by atoms with van der Waals surface area (Å²) in [6, 6.07) is 15.1. The highest BCUT2D eigenvalue weighted by molar-refractivity contribution is 7.89. The van der Waals surface area contributed by atoms with Crippen LogP contribution < -0.4 is 4.72 Å². The molecule has 0 bridgehead atoms. The highest BCUT2D eigenvalue weighted by Gasteiger charge is 2.23. The minimum absolute atomic E-state index is 0.0879. The van der Waals surface area contributed by atoms with E-state index >= 15 is 0 Å². The number of nitriles is 1. The van der Waals surface area contributed by atoms with Crippen LogP contribution in [0.4, 0.5) is 0 Å². The van der Waals surface area contributed by atoms with Gasteiger partial charge in [0.05, 0.1) is 16.5 Å². The molecule has 7 heteroatoms. The summed E-state index contributed by atoms with van der Waals surface area (Å²) < 4.78 is 28.1. The number of nitrogens with zero attached hydrogens (tertiary/aromatic N) is 1. The fraction of sp³-hybridized carbons (Fsp3) is 0.263. The van der Waals surface area contributed by atoms with E-state index in [-0.39, 0.29) is 17.7 Å². The minimum Gasteiger partial charge on any atom is -0.481 e. The van der Waals surface area contributed by atoms with E-state index in [1.54, 1.807) is 6.92 Å². The molecule has 1 atom stereocenters.